The van der Waals surface area contributed by atoms with Crippen LogP contribution in [0.1, 0.15) is 6.92 Å². The highest BCUT2D eigenvalue weighted by Crippen LogP contribution is 2.12. The van der Waals surface area contributed by atoms with E-state index in [9.17, 15) is 4.39 Å². The van der Waals surface area contributed by atoms with Crippen molar-refractivity contribution in [2.24, 2.45) is 21.5 Å². The lowest BCUT2D eigenvalue weighted by molar-refractivity contribution is 0.527. The summed E-state index contributed by atoms with van der Waals surface area (Å²) < 4.78 is 12.7. The Morgan fingerprint density at radius 2 is 1.81 bits per heavy atom. The molecule has 1 aromatic rings. The Labute approximate surface area is 135 Å². The third kappa shape index (κ3) is 5.61. The zero-order valence-electron chi connectivity index (χ0n) is 11.5. The molecule has 0 spiro atoms. The summed E-state index contributed by atoms with van der Waals surface area (Å²) in [7, 11) is 0. The Morgan fingerprint density at radius 3 is 2.33 bits per heavy atom. The maximum absolute atomic E-state index is 12.7. The quantitative estimate of drug-likeness (QED) is 0.469. The molecule has 116 valence electrons. The molecule has 0 radical (unpaired) electrons. The fraction of sp³-hybridized carbons (Fsp3) is 0.231. The van der Waals surface area contributed by atoms with Crippen LogP contribution in [0, 0.1) is 5.82 Å². The van der Waals surface area contributed by atoms with E-state index < -0.39 is 0 Å². The maximum atomic E-state index is 12.7. The van der Waals surface area contributed by atoms with Crippen LogP contribution in [0.25, 0.3) is 0 Å². The molecule has 0 fully saturated rings. The fourth-order valence-corrected chi connectivity index (χ4v) is 1.73. The topological polar surface area (TPSA) is 80.0 Å². The van der Waals surface area contributed by atoms with Crippen LogP contribution in [0.2, 0.25) is 0 Å². The molecular formula is C13H18Cl2FN5. The smallest absolute Gasteiger partial charge is 0.223 e. The van der Waals surface area contributed by atoms with Gasteiger partial charge in [0.15, 0.2) is 5.96 Å². The Hall–Kier alpha value is -1.79. The summed E-state index contributed by atoms with van der Waals surface area (Å²) in [5.41, 5.74) is 13.3. The fourth-order valence-electron chi connectivity index (χ4n) is 1.73. The minimum atomic E-state index is -0.320. The molecule has 5 nitrogen and oxygen atoms in total. The van der Waals surface area contributed by atoms with Gasteiger partial charge in [-0.3, -0.25) is 0 Å². The van der Waals surface area contributed by atoms with E-state index >= 15 is 0 Å². The summed E-state index contributed by atoms with van der Waals surface area (Å²) in [5, 5.41) is 0. The molecular weight excluding hydrogens is 316 g/mol. The van der Waals surface area contributed by atoms with Gasteiger partial charge in [0.2, 0.25) is 5.96 Å². The van der Waals surface area contributed by atoms with Gasteiger partial charge in [0.25, 0.3) is 0 Å². The van der Waals surface area contributed by atoms with Crippen LogP contribution in [-0.2, 0) is 0 Å². The van der Waals surface area contributed by atoms with Crippen molar-refractivity contribution in [2.75, 3.05) is 13.1 Å². The summed E-state index contributed by atoms with van der Waals surface area (Å²) in [5.74, 6) is 0.0595. The highest BCUT2D eigenvalue weighted by Gasteiger charge is 2.13. The molecule has 2 rings (SSSR count). The van der Waals surface area contributed by atoms with Gasteiger partial charge in [0.1, 0.15) is 5.82 Å². The lowest BCUT2D eigenvalue weighted by Gasteiger charge is -2.16. The Kier molecular flexibility index (Phi) is 7.76. The van der Waals surface area contributed by atoms with Crippen LogP contribution < -0.4 is 11.5 Å². The molecule has 0 aromatic heterocycles. The van der Waals surface area contributed by atoms with E-state index in [1.807, 2.05) is 11.8 Å². The molecule has 0 amide bonds. The summed E-state index contributed by atoms with van der Waals surface area (Å²) >= 11 is 0. The first-order chi connectivity index (χ1) is 9.04. The number of rotatable bonds is 1. The predicted molar refractivity (Wildman–Crippen MR) is 89.1 cm³/mol. The Bertz CT molecular complexity index is 554. The largest absolute Gasteiger partial charge is 0.369 e. The summed E-state index contributed by atoms with van der Waals surface area (Å²) in [4.78, 5) is 9.97. The molecule has 0 saturated carbocycles. The van der Waals surface area contributed by atoms with Crippen molar-refractivity contribution in [1.82, 2.24) is 4.90 Å². The highest BCUT2D eigenvalue weighted by molar-refractivity contribution is 5.94. The molecule has 1 aliphatic heterocycles. The second-order valence-electron chi connectivity index (χ2n) is 4.35. The van der Waals surface area contributed by atoms with Crippen molar-refractivity contribution in [3.8, 4) is 0 Å². The minimum absolute atomic E-state index is 0. The van der Waals surface area contributed by atoms with Crippen LogP contribution in [0.3, 0.4) is 0 Å². The zero-order chi connectivity index (χ0) is 13.8. The van der Waals surface area contributed by atoms with Gasteiger partial charge in [0.05, 0.1) is 5.69 Å². The van der Waals surface area contributed by atoms with Gasteiger partial charge in [-0.25, -0.2) is 9.38 Å². The number of nitrogens with two attached hydrogens (primary N) is 2. The van der Waals surface area contributed by atoms with E-state index in [4.69, 9.17) is 11.5 Å². The van der Waals surface area contributed by atoms with Crippen molar-refractivity contribution < 1.29 is 4.39 Å². The average Bonchev–Trinajstić information content (AvgIpc) is 2.79. The third-order valence-corrected chi connectivity index (χ3v) is 2.72. The maximum Gasteiger partial charge on any atom is 0.223 e. The van der Waals surface area contributed by atoms with Gasteiger partial charge in [-0.05, 0) is 31.2 Å². The summed E-state index contributed by atoms with van der Waals surface area (Å²) in [6.45, 7) is 3.51. The lowest BCUT2D eigenvalue weighted by Crippen LogP contribution is -2.37. The third-order valence-electron chi connectivity index (χ3n) is 2.72. The molecule has 0 bridgehead atoms. The molecule has 1 aliphatic rings. The van der Waals surface area contributed by atoms with Crippen molar-refractivity contribution in [2.45, 2.75) is 6.92 Å². The molecule has 1 heterocycles. The number of aliphatic imine (C=N–C) groups is 2. The SMILES string of the molecule is CC1=CCN(/C(N)=N\C(N)=Nc2ccc(F)cc2)C1.Cl.Cl. The highest BCUT2D eigenvalue weighted by atomic mass is 35.5. The average molecular weight is 334 g/mol. The first-order valence-corrected chi connectivity index (χ1v) is 5.89. The first kappa shape index (κ1) is 19.2. The van der Waals surface area contributed by atoms with Crippen LogP contribution in [-0.4, -0.2) is 29.9 Å². The normalized spacial score (nSPS) is 15.1. The number of nitrogens with zero attached hydrogens (tertiary/aromatic N) is 3. The standard InChI is InChI=1S/C13H16FN5.2ClH/c1-9-6-7-19(8-9)13(16)18-12(15)17-11-4-2-10(14)3-5-11;;/h2-6H,7-8H2,1H3,(H4,15,16,17,18);2*1H. The van der Waals surface area contributed by atoms with E-state index in [-0.39, 0.29) is 36.6 Å². The number of hydrogen-bond donors (Lipinski definition) is 2. The van der Waals surface area contributed by atoms with Crippen molar-refractivity contribution in [3.63, 3.8) is 0 Å². The molecule has 4 N–H and O–H groups in total. The molecule has 1 aromatic carbocycles. The van der Waals surface area contributed by atoms with Gasteiger partial charge >= 0.3 is 0 Å². The van der Waals surface area contributed by atoms with E-state index in [0.717, 1.165) is 13.1 Å². The minimum Gasteiger partial charge on any atom is -0.369 e. The molecule has 21 heavy (non-hydrogen) atoms. The van der Waals surface area contributed by atoms with E-state index in [1.165, 1.54) is 29.8 Å². The van der Waals surface area contributed by atoms with Gasteiger partial charge in [0, 0.05) is 13.1 Å². The summed E-state index contributed by atoms with van der Waals surface area (Å²) in [6, 6.07) is 5.67. The predicted octanol–water partition coefficient (Wildman–Crippen LogP) is 2.19. The number of benzene rings is 1. The van der Waals surface area contributed by atoms with Gasteiger partial charge in [-0.15, -0.1) is 24.8 Å². The van der Waals surface area contributed by atoms with Crippen LogP contribution in [0.5, 0.6) is 0 Å². The molecule has 0 atom stereocenters. The van der Waals surface area contributed by atoms with Crippen LogP contribution in [0.15, 0.2) is 45.9 Å². The second kappa shape index (κ2) is 8.49. The van der Waals surface area contributed by atoms with Crippen LogP contribution in [0.4, 0.5) is 10.1 Å². The molecule has 0 aliphatic carbocycles. The second-order valence-corrected chi connectivity index (χ2v) is 4.35. The van der Waals surface area contributed by atoms with Crippen LogP contribution >= 0.6 is 24.8 Å². The lowest BCUT2D eigenvalue weighted by atomic mass is 10.3. The number of guanidine groups is 2. The Morgan fingerprint density at radius 1 is 1.19 bits per heavy atom. The molecule has 0 saturated heterocycles. The van der Waals surface area contributed by atoms with Crippen molar-refractivity contribution in [3.05, 3.63) is 41.7 Å². The zero-order valence-corrected chi connectivity index (χ0v) is 13.1. The van der Waals surface area contributed by atoms with Gasteiger partial charge in [-0.2, -0.15) is 4.99 Å². The van der Waals surface area contributed by atoms with Crippen molar-refractivity contribution >= 4 is 42.4 Å². The van der Waals surface area contributed by atoms with E-state index in [2.05, 4.69) is 16.1 Å². The number of hydrogen-bond acceptors (Lipinski definition) is 1. The first-order valence-electron chi connectivity index (χ1n) is 5.89. The molecule has 0 unspecified atom stereocenters. The number of halogens is 3. The van der Waals surface area contributed by atoms with Crippen molar-refractivity contribution in [1.29, 1.82) is 0 Å². The summed E-state index contributed by atoms with van der Waals surface area (Å²) in [6.07, 6.45) is 2.08. The van der Waals surface area contributed by atoms with E-state index in [0.29, 0.717) is 11.6 Å². The van der Waals surface area contributed by atoms with E-state index in [1.54, 1.807) is 0 Å². The Balaban J connectivity index is 0.00000200. The van der Waals surface area contributed by atoms with Gasteiger partial charge in [-0.1, -0.05) is 11.6 Å². The molecule has 8 heteroatoms. The monoisotopic (exact) mass is 333 g/mol. The van der Waals surface area contributed by atoms with Gasteiger partial charge < -0.3 is 16.4 Å².